The smallest absolute Gasteiger partial charge is 0.240 e. The first-order valence-electron chi connectivity index (χ1n) is 9.87. The van der Waals surface area contributed by atoms with Gasteiger partial charge in [0, 0.05) is 32.1 Å². The third kappa shape index (κ3) is 4.72. The van der Waals surface area contributed by atoms with Gasteiger partial charge in [-0.1, -0.05) is 23.4 Å². The third-order valence-electron chi connectivity index (χ3n) is 5.68. The normalized spacial score (nSPS) is 23.0. The molecule has 0 spiro atoms. The summed E-state index contributed by atoms with van der Waals surface area (Å²) >= 11 is 0. The Morgan fingerprint density at radius 3 is 2.74 bits per heavy atom. The number of aliphatic hydroxyl groups excluding tert-OH is 1. The zero-order chi connectivity index (χ0) is 18.6. The first-order chi connectivity index (χ1) is 13.2. The predicted octanol–water partition coefficient (Wildman–Crippen LogP) is 2.22. The van der Waals surface area contributed by atoms with E-state index in [4.69, 9.17) is 4.52 Å². The highest BCUT2D eigenvalue weighted by Gasteiger charge is 2.28. The maximum absolute atomic E-state index is 13.8. The highest BCUT2D eigenvalue weighted by atomic mass is 19.1. The Hall–Kier alpha value is -1.83. The molecular weight excluding hydrogens is 347 g/mol. The van der Waals surface area contributed by atoms with E-state index in [1.54, 1.807) is 12.1 Å². The Bertz CT molecular complexity index is 745. The molecule has 0 bridgehead atoms. The van der Waals surface area contributed by atoms with E-state index >= 15 is 0 Å². The molecule has 1 N–H and O–H groups in total. The van der Waals surface area contributed by atoms with Gasteiger partial charge in [0.05, 0.1) is 12.6 Å². The molecule has 2 aromatic rings. The van der Waals surface area contributed by atoms with Crippen molar-refractivity contribution in [2.75, 3.05) is 26.2 Å². The van der Waals surface area contributed by atoms with Gasteiger partial charge in [0.15, 0.2) is 5.82 Å². The summed E-state index contributed by atoms with van der Waals surface area (Å²) in [6, 6.07) is 7.24. The fourth-order valence-electron chi connectivity index (χ4n) is 4.19. The Labute approximate surface area is 159 Å². The molecule has 2 fully saturated rings. The number of nitrogens with zero attached hydrogens (tertiary/aromatic N) is 4. The standard InChI is InChI=1S/C20H27FN4O2/c21-18-6-2-1-4-15(18)12-19-22-20(27-23-19)14-24-10-7-16(8-11-24)25-9-3-5-17(26)13-25/h1-2,4,6,16-17,26H,3,5,7-14H2/t17-/m0/s1. The van der Waals surface area contributed by atoms with E-state index in [1.807, 2.05) is 6.07 Å². The molecule has 3 heterocycles. The molecule has 0 unspecified atom stereocenters. The van der Waals surface area contributed by atoms with Crippen LogP contribution in [0.25, 0.3) is 0 Å². The van der Waals surface area contributed by atoms with Gasteiger partial charge in [-0.15, -0.1) is 0 Å². The lowest BCUT2D eigenvalue weighted by Gasteiger charge is -2.41. The molecule has 27 heavy (non-hydrogen) atoms. The van der Waals surface area contributed by atoms with Crippen LogP contribution in [0, 0.1) is 5.82 Å². The molecule has 1 atom stereocenters. The second kappa shape index (κ2) is 8.46. The van der Waals surface area contributed by atoms with Crippen LogP contribution < -0.4 is 0 Å². The van der Waals surface area contributed by atoms with E-state index in [-0.39, 0.29) is 11.9 Å². The number of aromatic nitrogens is 2. The number of rotatable bonds is 5. The minimum absolute atomic E-state index is 0.164. The highest BCUT2D eigenvalue weighted by Crippen LogP contribution is 2.22. The average molecular weight is 374 g/mol. The lowest BCUT2D eigenvalue weighted by Crippen LogP contribution is -2.49. The number of aliphatic hydroxyl groups is 1. The van der Waals surface area contributed by atoms with Crippen molar-refractivity contribution in [3.63, 3.8) is 0 Å². The zero-order valence-corrected chi connectivity index (χ0v) is 15.6. The Balaban J connectivity index is 1.27. The minimum atomic E-state index is -0.242. The van der Waals surface area contributed by atoms with Gasteiger partial charge < -0.3 is 9.63 Å². The van der Waals surface area contributed by atoms with Crippen molar-refractivity contribution in [2.24, 2.45) is 0 Å². The van der Waals surface area contributed by atoms with Crippen molar-refractivity contribution in [3.05, 3.63) is 47.4 Å². The van der Waals surface area contributed by atoms with Gasteiger partial charge in [0.1, 0.15) is 5.82 Å². The lowest BCUT2D eigenvalue weighted by atomic mass is 9.99. The van der Waals surface area contributed by atoms with Crippen LogP contribution in [0.15, 0.2) is 28.8 Å². The van der Waals surface area contributed by atoms with E-state index in [9.17, 15) is 9.50 Å². The number of hydrogen-bond acceptors (Lipinski definition) is 6. The molecular formula is C20H27FN4O2. The second-order valence-electron chi connectivity index (χ2n) is 7.67. The largest absolute Gasteiger partial charge is 0.392 e. The molecule has 1 aromatic carbocycles. The van der Waals surface area contributed by atoms with Gasteiger partial charge in [-0.2, -0.15) is 4.98 Å². The highest BCUT2D eigenvalue weighted by molar-refractivity contribution is 5.20. The van der Waals surface area contributed by atoms with Crippen LogP contribution in [0.1, 0.15) is 43.0 Å². The van der Waals surface area contributed by atoms with Crippen LogP contribution in [0.5, 0.6) is 0 Å². The number of benzene rings is 1. The molecule has 0 aliphatic carbocycles. The molecule has 7 heteroatoms. The van der Waals surface area contributed by atoms with E-state index in [2.05, 4.69) is 19.9 Å². The summed E-state index contributed by atoms with van der Waals surface area (Å²) in [5.41, 5.74) is 0.578. The van der Waals surface area contributed by atoms with Crippen molar-refractivity contribution >= 4 is 0 Å². The number of hydrogen-bond donors (Lipinski definition) is 1. The Kier molecular flexibility index (Phi) is 5.80. The summed E-state index contributed by atoms with van der Waals surface area (Å²) in [6.45, 7) is 4.53. The number of likely N-dealkylation sites (tertiary alicyclic amines) is 2. The topological polar surface area (TPSA) is 65.6 Å². The summed E-state index contributed by atoms with van der Waals surface area (Å²) in [6.07, 6.45) is 4.40. The molecule has 146 valence electrons. The summed E-state index contributed by atoms with van der Waals surface area (Å²) in [4.78, 5) is 9.21. The summed E-state index contributed by atoms with van der Waals surface area (Å²) in [5, 5.41) is 13.9. The SMILES string of the molecule is O[C@H]1CCCN(C2CCN(Cc3nc(Cc4ccccc4F)no3)CC2)C1. The minimum Gasteiger partial charge on any atom is -0.392 e. The molecule has 2 saturated heterocycles. The zero-order valence-electron chi connectivity index (χ0n) is 15.6. The van der Waals surface area contributed by atoms with E-state index in [0.717, 1.165) is 51.9 Å². The first-order valence-corrected chi connectivity index (χ1v) is 9.87. The molecule has 2 aliphatic heterocycles. The van der Waals surface area contributed by atoms with Crippen LogP contribution in [0.2, 0.25) is 0 Å². The van der Waals surface area contributed by atoms with Crippen LogP contribution in [-0.4, -0.2) is 63.4 Å². The molecule has 0 saturated carbocycles. The quantitative estimate of drug-likeness (QED) is 0.866. The number of β-amino-alcohol motifs (C(OH)–C–C–N with tert-alkyl or cyclic N) is 1. The second-order valence-corrected chi connectivity index (χ2v) is 7.67. The lowest BCUT2D eigenvalue weighted by molar-refractivity contribution is 0.0231. The van der Waals surface area contributed by atoms with Gasteiger partial charge >= 0.3 is 0 Å². The monoisotopic (exact) mass is 374 g/mol. The number of halogens is 1. The van der Waals surface area contributed by atoms with Gasteiger partial charge in [-0.3, -0.25) is 9.80 Å². The van der Waals surface area contributed by atoms with Crippen molar-refractivity contribution < 1.29 is 14.0 Å². The molecule has 0 radical (unpaired) electrons. The van der Waals surface area contributed by atoms with Gasteiger partial charge in [0.25, 0.3) is 0 Å². The van der Waals surface area contributed by atoms with Crippen molar-refractivity contribution in [1.29, 1.82) is 0 Å². The fraction of sp³-hybridized carbons (Fsp3) is 0.600. The van der Waals surface area contributed by atoms with Crippen LogP contribution in [0.3, 0.4) is 0 Å². The summed E-state index contributed by atoms with van der Waals surface area (Å²) in [7, 11) is 0. The Morgan fingerprint density at radius 1 is 1.15 bits per heavy atom. The first kappa shape index (κ1) is 18.5. The molecule has 1 aromatic heterocycles. The number of piperidine rings is 2. The van der Waals surface area contributed by atoms with Crippen LogP contribution in [0.4, 0.5) is 4.39 Å². The fourth-order valence-corrected chi connectivity index (χ4v) is 4.19. The third-order valence-corrected chi connectivity index (χ3v) is 5.68. The molecule has 0 amide bonds. The molecule has 2 aliphatic rings. The van der Waals surface area contributed by atoms with E-state index in [0.29, 0.717) is 36.3 Å². The average Bonchev–Trinajstić information content (AvgIpc) is 3.11. The summed E-state index contributed by atoms with van der Waals surface area (Å²) in [5.74, 6) is 0.870. The van der Waals surface area contributed by atoms with Crippen LogP contribution in [-0.2, 0) is 13.0 Å². The Morgan fingerprint density at radius 2 is 1.96 bits per heavy atom. The summed E-state index contributed by atoms with van der Waals surface area (Å²) < 4.78 is 19.1. The van der Waals surface area contributed by atoms with Crippen molar-refractivity contribution in [1.82, 2.24) is 19.9 Å². The molecule has 4 rings (SSSR count). The molecule has 6 nitrogen and oxygen atoms in total. The van der Waals surface area contributed by atoms with Gasteiger partial charge in [-0.05, 0) is 43.9 Å². The van der Waals surface area contributed by atoms with E-state index < -0.39 is 0 Å². The van der Waals surface area contributed by atoms with Crippen molar-refractivity contribution in [3.8, 4) is 0 Å². The van der Waals surface area contributed by atoms with Gasteiger partial charge in [0.2, 0.25) is 5.89 Å². The van der Waals surface area contributed by atoms with Crippen molar-refractivity contribution in [2.45, 2.75) is 50.8 Å². The van der Waals surface area contributed by atoms with E-state index in [1.165, 1.54) is 6.07 Å². The van der Waals surface area contributed by atoms with Gasteiger partial charge in [-0.25, -0.2) is 4.39 Å². The predicted molar refractivity (Wildman–Crippen MR) is 98.6 cm³/mol. The maximum atomic E-state index is 13.8. The maximum Gasteiger partial charge on any atom is 0.240 e. The van der Waals surface area contributed by atoms with Crippen LogP contribution >= 0.6 is 0 Å².